The molecule has 2 heterocycles. The van der Waals surface area contributed by atoms with Crippen LogP contribution in [0.3, 0.4) is 0 Å². The van der Waals surface area contributed by atoms with Crippen molar-refractivity contribution < 1.29 is 4.79 Å². The third-order valence-corrected chi connectivity index (χ3v) is 1.52. The third-order valence-electron chi connectivity index (χ3n) is 1.52. The molecular weight excluding hydrogens is 156 g/mol. The molecule has 60 valence electrons. The highest BCUT2D eigenvalue weighted by molar-refractivity contribution is 5.90. The summed E-state index contributed by atoms with van der Waals surface area (Å²) in [7, 11) is 0. The summed E-state index contributed by atoms with van der Waals surface area (Å²) >= 11 is 0. The monoisotopic (exact) mass is 162 g/mol. The maximum absolute atomic E-state index is 10.8. The van der Waals surface area contributed by atoms with Gasteiger partial charge in [0, 0.05) is 6.20 Å². The van der Waals surface area contributed by atoms with E-state index in [0.717, 1.165) is 5.52 Å². The molecule has 0 aliphatic rings. The molecule has 0 fully saturated rings. The maximum Gasteiger partial charge on any atom is 0.286 e. The molecule has 0 atom stereocenters. The van der Waals surface area contributed by atoms with Crippen LogP contribution in [-0.2, 0) is 0 Å². The van der Waals surface area contributed by atoms with E-state index in [2.05, 4.69) is 10.1 Å². The second-order valence-corrected chi connectivity index (χ2v) is 2.31. The molecular formula is C7H6N4O. The summed E-state index contributed by atoms with van der Waals surface area (Å²) in [4.78, 5) is 14.6. The SMILES string of the molecule is NC(=O)c1ncc2cccnn12. The normalized spacial score (nSPS) is 10.3. The molecule has 0 saturated heterocycles. The van der Waals surface area contributed by atoms with Crippen molar-refractivity contribution in [3.05, 3.63) is 30.4 Å². The number of primary amides is 1. The third kappa shape index (κ3) is 0.833. The van der Waals surface area contributed by atoms with Gasteiger partial charge in [0.1, 0.15) is 0 Å². The van der Waals surface area contributed by atoms with Crippen LogP contribution >= 0.6 is 0 Å². The molecule has 0 saturated carbocycles. The average molecular weight is 162 g/mol. The van der Waals surface area contributed by atoms with E-state index in [4.69, 9.17) is 5.73 Å². The molecule has 0 bridgehead atoms. The van der Waals surface area contributed by atoms with E-state index in [1.165, 1.54) is 4.52 Å². The van der Waals surface area contributed by atoms with Gasteiger partial charge in [0.25, 0.3) is 5.91 Å². The Kier molecular flexibility index (Phi) is 1.30. The van der Waals surface area contributed by atoms with Gasteiger partial charge in [-0.1, -0.05) is 0 Å². The molecule has 2 aromatic rings. The molecule has 1 amide bonds. The molecule has 0 aliphatic carbocycles. The summed E-state index contributed by atoms with van der Waals surface area (Å²) in [6, 6.07) is 3.56. The first-order chi connectivity index (χ1) is 5.79. The molecule has 12 heavy (non-hydrogen) atoms. The van der Waals surface area contributed by atoms with E-state index in [-0.39, 0.29) is 5.82 Å². The van der Waals surface area contributed by atoms with E-state index >= 15 is 0 Å². The van der Waals surface area contributed by atoms with E-state index in [1.807, 2.05) is 0 Å². The van der Waals surface area contributed by atoms with E-state index in [0.29, 0.717) is 0 Å². The maximum atomic E-state index is 10.8. The first-order valence-electron chi connectivity index (χ1n) is 3.37. The Balaban J connectivity index is 2.79. The number of amides is 1. The van der Waals surface area contributed by atoms with Crippen molar-refractivity contribution >= 4 is 11.4 Å². The van der Waals surface area contributed by atoms with E-state index < -0.39 is 5.91 Å². The first-order valence-corrected chi connectivity index (χ1v) is 3.37. The van der Waals surface area contributed by atoms with Gasteiger partial charge in [0.2, 0.25) is 5.82 Å². The van der Waals surface area contributed by atoms with Crippen LogP contribution in [0.1, 0.15) is 10.6 Å². The van der Waals surface area contributed by atoms with Crippen molar-refractivity contribution in [3.63, 3.8) is 0 Å². The molecule has 0 aliphatic heterocycles. The smallest absolute Gasteiger partial charge is 0.286 e. The van der Waals surface area contributed by atoms with E-state index in [1.54, 1.807) is 24.5 Å². The minimum absolute atomic E-state index is 0.158. The summed E-state index contributed by atoms with van der Waals surface area (Å²) in [5, 5.41) is 3.92. The number of carbonyl (C=O) groups excluding carboxylic acids is 1. The Labute approximate surface area is 67.8 Å². The molecule has 5 nitrogen and oxygen atoms in total. The van der Waals surface area contributed by atoms with Crippen molar-refractivity contribution in [3.8, 4) is 0 Å². The number of nitrogens with two attached hydrogens (primary N) is 1. The van der Waals surface area contributed by atoms with Gasteiger partial charge < -0.3 is 5.73 Å². The fourth-order valence-corrected chi connectivity index (χ4v) is 1.01. The van der Waals surface area contributed by atoms with Gasteiger partial charge in [-0.3, -0.25) is 4.79 Å². The number of fused-ring (bicyclic) bond motifs is 1. The summed E-state index contributed by atoms with van der Waals surface area (Å²) < 4.78 is 1.41. The van der Waals surface area contributed by atoms with Crippen LogP contribution in [0.25, 0.3) is 5.52 Å². The fraction of sp³-hybridized carbons (Fsp3) is 0. The van der Waals surface area contributed by atoms with Gasteiger partial charge in [-0.05, 0) is 12.1 Å². The number of carbonyl (C=O) groups is 1. The lowest BCUT2D eigenvalue weighted by Gasteiger charge is -1.92. The zero-order valence-corrected chi connectivity index (χ0v) is 6.14. The van der Waals surface area contributed by atoms with Gasteiger partial charge in [-0.25, -0.2) is 9.50 Å². The molecule has 2 N–H and O–H groups in total. The largest absolute Gasteiger partial charge is 0.363 e. The Morgan fingerprint density at radius 3 is 3.17 bits per heavy atom. The zero-order valence-electron chi connectivity index (χ0n) is 6.14. The molecule has 2 rings (SSSR count). The predicted octanol–water partition coefficient (Wildman–Crippen LogP) is -0.172. The van der Waals surface area contributed by atoms with Gasteiger partial charge in [0.05, 0.1) is 11.7 Å². The van der Waals surface area contributed by atoms with Crippen LogP contribution in [-0.4, -0.2) is 20.5 Å². The highest BCUT2D eigenvalue weighted by atomic mass is 16.1. The topological polar surface area (TPSA) is 73.3 Å². The lowest BCUT2D eigenvalue weighted by atomic mass is 10.5. The zero-order chi connectivity index (χ0) is 8.55. The highest BCUT2D eigenvalue weighted by Gasteiger charge is 2.08. The summed E-state index contributed by atoms with van der Waals surface area (Å²) in [5.41, 5.74) is 5.82. The second-order valence-electron chi connectivity index (χ2n) is 2.31. The molecule has 0 unspecified atom stereocenters. The minimum Gasteiger partial charge on any atom is -0.363 e. The van der Waals surface area contributed by atoms with Crippen molar-refractivity contribution in [2.24, 2.45) is 5.73 Å². The Bertz CT molecular complexity index is 434. The van der Waals surface area contributed by atoms with Gasteiger partial charge >= 0.3 is 0 Å². The lowest BCUT2D eigenvalue weighted by Crippen LogP contribution is -2.15. The number of rotatable bonds is 1. The summed E-state index contributed by atoms with van der Waals surface area (Å²) in [5.74, 6) is -0.417. The molecule has 0 spiro atoms. The van der Waals surface area contributed by atoms with Crippen molar-refractivity contribution in [2.45, 2.75) is 0 Å². The number of hydrogen-bond acceptors (Lipinski definition) is 3. The van der Waals surface area contributed by atoms with Gasteiger partial charge in [0.15, 0.2) is 0 Å². The van der Waals surface area contributed by atoms with E-state index in [9.17, 15) is 4.79 Å². The Morgan fingerprint density at radius 1 is 1.58 bits per heavy atom. The van der Waals surface area contributed by atoms with Crippen LogP contribution in [0.15, 0.2) is 24.5 Å². The predicted molar refractivity (Wildman–Crippen MR) is 41.5 cm³/mol. The molecule has 0 aromatic carbocycles. The Morgan fingerprint density at radius 2 is 2.42 bits per heavy atom. The van der Waals surface area contributed by atoms with Crippen LogP contribution in [0.4, 0.5) is 0 Å². The number of hydrogen-bond donors (Lipinski definition) is 1. The molecule has 2 aromatic heterocycles. The quantitative estimate of drug-likeness (QED) is 0.632. The fourth-order valence-electron chi connectivity index (χ4n) is 1.01. The number of imidazole rings is 1. The van der Waals surface area contributed by atoms with Crippen LogP contribution in [0.2, 0.25) is 0 Å². The highest BCUT2D eigenvalue weighted by Crippen LogP contribution is 2.02. The van der Waals surface area contributed by atoms with Crippen molar-refractivity contribution in [2.75, 3.05) is 0 Å². The van der Waals surface area contributed by atoms with Crippen LogP contribution in [0, 0.1) is 0 Å². The standard InChI is InChI=1S/C7H6N4O/c8-6(12)7-9-4-5-2-1-3-10-11(5)7/h1-4H,(H2,8,12). The first kappa shape index (κ1) is 6.78. The number of aromatic nitrogens is 3. The van der Waals surface area contributed by atoms with Gasteiger partial charge in [-0.2, -0.15) is 5.10 Å². The lowest BCUT2D eigenvalue weighted by molar-refractivity contribution is 0.0988. The average Bonchev–Trinajstić information content (AvgIpc) is 2.47. The van der Waals surface area contributed by atoms with Gasteiger partial charge in [-0.15, -0.1) is 0 Å². The summed E-state index contributed by atoms with van der Waals surface area (Å²) in [6.45, 7) is 0. The minimum atomic E-state index is -0.575. The second kappa shape index (κ2) is 2.30. The van der Waals surface area contributed by atoms with Crippen LogP contribution in [0.5, 0.6) is 0 Å². The van der Waals surface area contributed by atoms with Crippen molar-refractivity contribution in [1.29, 1.82) is 0 Å². The van der Waals surface area contributed by atoms with Crippen LogP contribution < -0.4 is 5.73 Å². The number of nitrogens with zero attached hydrogens (tertiary/aromatic N) is 3. The molecule has 5 heteroatoms. The molecule has 0 radical (unpaired) electrons. The summed E-state index contributed by atoms with van der Waals surface area (Å²) in [6.07, 6.45) is 3.12. The van der Waals surface area contributed by atoms with Crippen molar-refractivity contribution in [1.82, 2.24) is 14.6 Å². The Hall–Kier alpha value is -1.91.